The quantitative estimate of drug-likeness (QED) is 0.691. The normalized spacial score (nSPS) is 13.0. The predicted molar refractivity (Wildman–Crippen MR) is 76.9 cm³/mol. The summed E-state index contributed by atoms with van der Waals surface area (Å²) in [7, 11) is 0. The molecule has 0 saturated carbocycles. The third-order valence-corrected chi connectivity index (χ3v) is 3.26. The molecule has 2 rings (SSSR count). The van der Waals surface area contributed by atoms with Gasteiger partial charge in [-0.15, -0.1) is 0 Å². The summed E-state index contributed by atoms with van der Waals surface area (Å²) in [5.41, 5.74) is 4.05. The lowest BCUT2D eigenvalue weighted by molar-refractivity contribution is 0.531. The minimum atomic E-state index is 0.127. The fourth-order valence-electron chi connectivity index (χ4n) is 2.27. The van der Waals surface area contributed by atoms with Crippen LogP contribution in [0.25, 0.3) is 10.9 Å². The van der Waals surface area contributed by atoms with E-state index in [1.165, 1.54) is 11.1 Å². The molecule has 0 bridgehead atoms. The molecule has 0 fully saturated rings. The average Bonchev–Trinajstić information content (AvgIpc) is 2.25. The van der Waals surface area contributed by atoms with Crippen LogP contribution in [0.15, 0.2) is 24.7 Å². The van der Waals surface area contributed by atoms with Gasteiger partial charge < -0.3 is 0 Å². The first-order chi connectivity index (χ1) is 8.19. The maximum atomic E-state index is 4.37. The summed E-state index contributed by atoms with van der Waals surface area (Å²) < 4.78 is 0. The van der Waals surface area contributed by atoms with Gasteiger partial charge in [-0.25, -0.2) is 9.97 Å². The molecule has 0 atom stereocenters. The molecule has 0 spiro atoms. The van der Waals surface area contributed by atoms with Crippen molar-refractivity contribution in [2.45, 2.75) is 52.4 Å². The molecule has 2 nitrogen and oxygen atoms in total. The first kappa shape index (κ1) is 13.0. The zero-order valence-corrected chi connectivity index (χ0v) is 12.2. The Hall–Kier alpha value is -1.44. The highest BCUT2D eigenvalue weighted by Gasteiger charge is 2.25. The van der Waals surface area contributed by atoms with Gasteiger partial charge in [0.05, 0.1) is 5.52 Å². The molecule has 18 heavy (non-hydrogen) atoms. The van der Waals surface area contributed by atoms with E-state index in [2.05, 4.69) is 63.6 Å². The molecule has 2 aromatic rings. The Morgan fingerprint density at radius 2 is 1.39 bits per heavy atom. The van der Waals surface area contributed by atoms with Crippen LogP contribution in [0.5, 0.6) is 0 Å². The third-order valence-electron chi connectivity index (χ3n) is 3.26. The lowest BCUT2D eigenvalue weighted by atomic mass is 9.75. The highest BCUT2D eigenvalue weighted by atomic mass is 14.8. The van der Waals surface area contributed by atoms with Crippen molar-refractivity contribution in [1.82, 2.24) is 9.97 Å². The number of fused-ring (bicyclic) bond motifs is 1. The van der Waals surface area contributed by atoms with Crippen molar-refractivity contribution in [2.75, 3.05) is 0 Å². The Labute approximate surface area is 109 Å². The van der Waals surface area contributed by atoms with E-state index in [9.17, 15) is 0 Å². The Kier molecular flexibility index (Phi) is 2.92. The maximum absolute atomic E-state index is 4.37. The molecule has 0 N–H and O–H groups in total. The van der Waals surface area contributed by atoms with Crippen molar-refractivity contribution in [2.24, 2.45) is 0 Å². The van der Waals surface area contributed by atoms with E-state index in [1.807, 2.05) is 6.20 Å². The van der Waals surface area contributed by atoms with Crippen molar-refractivity contribution < 1.29 is 0 Å². The minimum absolute atomic E-state index is 0.127. The van der Waals surface area contributed by atoms with E-state index in [0.717, 1.165) is 10.9 Å². The lowest BCUT2D eigenvalue weighted by Gasteiger charge is -2.30. The summed E-state index contributed by atoms with van der Waals surface area (Å²) in [6.07, 6.45) is 3.51. The van der Waals surface area contributed by atoms with Crippen molar-refractivity contribution in [1.29, 1.82) is 0 Å². The van der Waals surface area contributed by atoms with Gasteiger partial charge in [0.25, 0.3) is 0 Å². The highest BCUT2D eigenvalue weighted by Crippen LogP contribution is 2.35. The van der Waals surface area contributed by atoms with Gasteiger partial charge in [0, 0.05) is 11.6 Å². The number of benzene rings is 1. The highest BCUT2D eigenvalue weighted by molar-refractivity contribution is 5.80. The number of nitrogens with zero attached hydrogens (tertiary/aromatic N) is 2. The molecule has 1 aromatic carbocycles. The van der Waals surface area contributed by atoms with Gasteiger partial charge >= 0.3 is 0 Å². The van der Waals surface area contributed by atoms with Gasteiger partial charge in [-0.2, -0.15) is 0 Å². The molecule has 2 heteroatoms. The van der Waals surface area contributed by atoms with Crippen molar-refractivity contribution in [3.05, 3.63) is 35.8 Å². The fourth-order valence-corrected chi connectivity index (χ4v) is 2.27. The zero-order valence-electron chi connectivity index (χ0n) is 12.2. The second kappa shape index (κ2) is 4.04. The number of aromatic nitrogens is 2. The van der Waals surface area contributed by atoms with Crippen LogP contribution in [0.2, 0.25) is 0 Å². The molecule has 96 valence electrons. The molecule has 0 aliphatic carbocycles. The van der Waals surface area contributed by atoms with Crippen LogP contribution in [-0.4, -0.2) is 9.97 Å². The lowest BCUT2D eigenvalue weighted by Crippen LogP contribution is -2.22. The molecular weight excluding hydrogens is 220 g/mol. The van der Waals surface area contributed by atoms with E-state index >= 15 is 0 Å². The second-order valence-electron chi connectivity index (χ2n) is 6.98. The molecular formula is C16H22N2. The fraction of sp³-hybridized carbons (Fsp3) is 0.500. The second-order valence-corrected chi connectivity index (χ2v) is 6.98. The molecule has 1 heterocycles. The molecule has 0 radical (unpaired) electrons. The van der Waals surface area contributed by atoms with Gasteiger partial charge in [-0.1, -0.05) is 41.5 Å². The summed E-state index contributed by atoms with van der Waals surface area (Å²) in [6, 6.07) is 4.47. The molecule has 0 saturated heterocycles. The average molecular weight is 242 g/mol. The third kappa shape index (κ3) is 2.38. The number of hydrogen-bond donors (Lipinski definition) is 0. The van der Waals surface area contributed by atoms with Gasteiger partial charge in [0.1, 0.15) is 6.33 Å². The Bertz CT molecular complexity index is 519. The van der Waals surface area contributed by atoms with Crippen LogP contribution >= 0.6 is 0 Å². The molecule has 0 aliphatic heterocycles. The van der Waals surface area contributed by atoms with Gasteiger partial charge in [-0.05, 0) is 34.1 Å². The van der Waals surface area contributed by atoms with Crippen LogP contribution < -0.4 is 0 Å². The predicted octanol–water partition coefficient (Wildman–Crippen LogP) is 4.22. The van der Waals surface area contributed by atoms with E-state index in [-0.39, 0.29) is 10.8 Å². The van der Waals surface area contributed by atoms with Crippen LogP contribution in [0.3, 0.4) is 0 Å². The number of rotatable bonds is 0. The first-order valence-corrected chi connectivity index (χ1v) is 6.44. The van der Waals surface area contributed by atoms with Crippen LogP contribution in [0, 0.1) is 0 Å². The smallest absolute Gasteiger partial charge is 0.116 e. The largest absolute Gasteiger partial charge is 0.244 e. The van der Waals surface area contributed by atoms with Crippen LogP contribution in [0.1, 0.15) is 52.7 Å². The molecule has 0 unspecified atom stereocenters. The van der Waals surface area contributed by atoms with E-state index < -0.39 is 0 Å². The zero-order chi connectivity index (χ0) is 13.6. The van der Waals surface area contributed by atoms with Crippen molar-refractivity contribution in [3.63, 3.8) is 0 Å². The standard InChI is InChI=1S/C16H22N2/c1-15(2,3)12-7-11-9-17-10-18-14(11)8-13(12)16(4,5)6/h7-10H,1-6H3. The Morgan fingerprint density at radius 3 is 1.94 bits per heavy atom. The molecule has 1 aromatic heterocycles. The van der Waals surface area contributed by atoms with Crippen molar-refractivity contribution in [3.8, 4) is 0 Å². The Morgan fingerprint density at radius 1 is 0.833 bits per heavy atom. The topological polar surface area (TPSA) is 25.8 Å². The Balaban J connectivity index is 2.81. The van der Waals surface area contributed by atoms with Crippen LogP contribution in [0.4, 0.5) is 0 Å². The van der Waals surface area contributed by atoms with E-state index in [4.69, 9.17) is 0 Å². The monoisotopic (exact) mass is 242 g/mol. The summed E-state index contributed by atoms with van der Waals surface area (Å²) >= 11 is 0. The summed E-state index contributed by atoms with van der Waals surface area (Å²) in [5, 5.41) is 1.12. The summed E-state index contributed by atoms with van der Waals surface area (Å²) in [4.78, 5) is 8.48. The molecule has 0 amide bonds. The van der Waals surface area contributed by atoms with Crippen molar-refractivity contribution >= 4 is 10.9 Å². The number of hydrogen-bond acceptors (Lipinski definition) is 2. The summed E-state index contributed by atoms with van der Waals surface area (Å²) in [5.74, 6) is 0. The van der Waals surface area contributed by atoms with E-state index in [1.54, 1.807) is 6.33 Å². The van der Waals surface area contributed by atoms with Gasteiger partial charge in [0.15, 0.2) is 0 Å². The minimum Gasteiger partial charge on any atom is -0.244 e. The molecule has 0 aliphatic rings. The van der Waals surface area contributed by atoms with Gasteiger partial charge in [0.2, 0.25) is 0 Å². The van der Waals surface area contributed by atoms with Gasteiger partial charge in [-0.3, -0.25) is 0 Å². The SMILES string of the molecule is CC(C)(C)c1cc2cncnc2cc1C(C)(C)C. The van der Waals surface area contributed by atoms with E-state index in [0.29, 0.717) is 0 Å². The van der Waals surface area contributed by atoms with Crippen LogP contribution in [-0.2, 0) is 10.8 Å². The maximum Gasteiger partial charge on any atom is 0.116 e. The first-order valence-electron chi connectivity index (χ1n) is 6.44. The summed E-state index contributed by atoms with van der Waals surface area (Å²) in [6.45, 7) is 13.5.